The van der Waals surface area contributed by atoms with Crippen molar-refractivity contribution >= 4 is 23.2 Å². The first kappa shape index (κ1) is 17.5. The van der Waals surface area contributed by atoms with Crippen LogP contribution >= 0.6 is 0 Å². The quantitative estimate of drug-likeness (QED) is 0.730. The maximum atomic E-state index is 13.7. The Bertz CT molecular complexity index is 958. The lowest BCUT2D eigenvalue weighted by Crippen LogP contribution is -2.16. The van der Waals surface area contributed by atoms with E-state index in [9.17, 15) is 13.6 Å². The second-order valence-electron chi connectivity index (χ2n) is 5.79. The number of amides is 1. The maximum absolute atomic E-state index is 13.7. The highest BCUT2D eigenvalue weighted by Crippen LogP contribution is 2.18. The number of hydrogen-bond acceptors (Lipinski definition) is 4. The van der Waals surface area contributed by atoms with E-state index >= 15 is 0 Å². The van der Waals surface area contributed by atoms with Crippen molar-refractivity contribution in [3.8, 4) is 0 Å². The smallest absolute Gasteiger partial charge is 0.274 e. The second-order valence-corrected chi connectivity index (χ2v) is 5.79. The molecule has 0 saturated heterocycles. The minimum absolute atomic E-state index is 0.0656. The van der Waals surface area contributed by atoms with E-state index in [0.29, 0.717) is 11.8 Å². The van der Waals surface area contributed by atoms with E-state index < -0.39 is 17.5 Å². The number of rotatable bonds is 4. The van der Waals surface area contributed by atoms with Crippen LogP contribution in [0.25, 0.3) is 0 Å². The fraction of sp³-hybridized carbons (Fsp3) is 0.105. The number of carbonyl (C=O) groups excluding carboxylic acids is 1. The molecule has 26 heavy (non-hydrogen) atoms. The van der Waals surface area contributed by atoms with Gasteiger partial charge in [-0.3, -0.25) is 4.79 Å². The number of aromatic nitrogens is 2. The van der Waals surface area contributed by atoms with Crippen molar-refractivity contribution < 1.29 is 13.6 Å². The fourth-order valence-corrected chi connectivity index (χ4v) is 2.28. The summed E-state index contributed by atoms with van der Waals surface area (Å²) in [5.74, 6) is -1.95. The third-order valence-electron chi connectivity index (χ3n) is 3.57. The molecule has 0 aliphatic carbocycles. The van der Waals surface area contributed by atoms with Gasteiger partial charge in [0.25, 0.3) is 5.91 Å². The molecule has 132 valence electrons. The molecule has 0 saturated carbocycles. The van der Waals surface area contributed by atoms with Gasteiger partial charge in [0.2, 0.25) is 5.95 Å². The molecule has 0 unspecified atom stereocenters. The zero-order valence-corrected chi connectivity index (χ0v) is 14.2. The number of nitrogens with zero attached hydrogens (tertiary/aromatic N) is 2. The minimum atomic E-state index is -0.859. The number of halogens is 2. The lowest BCUT2D eigenvalue weighted by molar-refractivity contribution is 0.102. The number of aryl methyl sites for hydroxylation is 2. The van der Waals surface area contributed by atoms with Crippen LogP contribution < -0.4 is 10.6 Å². The van der Waals surface area contributed by atoms with Crippen LogP contribution in [-0.2, 0) is 0 Å². The summed E-state index contributed by atoms with van der Waals surface area (Å²) in [7, 11) is 0. The summed E-state index contributed by atoms with van der Waals surface area (Å²) in [4.78, 5) is 20.8. The first-order chi connectivity index (χ1) is 12.4. The highest BCUT2D eigenvalue weighted by Gasteiger charge is 2.13. The van der Waals surface area contributed by atoms with Crippen molar-refractivity contribution in [2.75, 3.05) is 10.6 Å². The van der Waals surface area contributed by atoms with E-state index in [1.807, 2.05) is 31.2 Å². The van der Waals surface area contributed by atoms with E-state index in [2.05, 4.69) is 20.6 Å². The van der Waals surface area contributed by atoms with Gasteiger partial charge in [-0.25, -0.2) is 18.7 Å². The highest BCUT2D eigenvalue weighted by molar-refractivity contribution is 6.03. The van der Waals surface area contributed by atoms with Gasteiger partial charge in [0.1, 0.15) is 17.3 Å². The molecule has 7 heteroatoms. The van der Waals surface area contributed by atoms with Gasteiger partial charge in [-0.15, -0.1) is 0 Å². The van der Waals surface area contributed by atoms with Gasteiger partial charge in [0, 0.05) is 17.4 Å². The van der Waals surface area contributed by atoms with Gasteiger partial charge in [0.15, 0.2) is 0 Å². The van der Waals surface area contributed by atoms with Crippen LogP contribution in [0.15, 0.2) is 48.5 Å². The molecule has 1 aromatic heterocycles. The maximum Gasteiger partial charge on any atom is 0.274 e. The Kier molecular flexibility index (Phi) is 4.88. The van der Waals surface area contributed by atoms with Crippen LogP contribution in [0.1, 0.15) is 21.7 Å². The van der Waals surface area contributed by atoms with E-state index in [0.717, 1.165) is 23.4 Å². The Balaban J connectivity index is 1.82. The van der Waals surface area contributed by atoms with Gasteiger partial charge >= 0.3 is 0 Å². The van der Waals surface area contributed by atoms with Gasteiger partial charge in [-0.1, -0.05) is 17.7 Å². The average molecular weight is 354 g/mol. The average Bonchev–Trinajstić information content (AvgIpc) is 2.59. The largest absolute Gasteiger partial charge is 0.324 e. The Morgan fingerprint density at radius 2 is 1.69 bits per heavy atom. The molecule has 0 atom stereocenters. The molecule has 0 radical (unpaired) electrons. The first-order valence-electron chi connectivity index (χ1n) is 7.86. The number of hydrogen-bond donors (Lipinski definition) is 2. The molecule has 0 bridgehead atoms. The summed E-state index contributed by atoms with van der Waals surface area (Å²) in [5, 5.41) is 5.40. The van der Waals surface area contributed by atoms with Crippen LogP contribution in [0.4, 0.5) is 26.1 Å². The van der Waals surface area contributed by atoms with Gasteiger partial charge in [0.05, 0.1) is 5.69 Å². The first-order valence-corrected chi connectivity index (χ1v) is 7.86. The molecule has 1 amide bonds. The van der Waals surface area contributed by atoms with Gasteiger partial charge < -0.3 is 10.6 Å². The zero-order valence-electron chi connectivity index (χ0n) is 14.2. The number of benzene rings is 2. The van der Waals surface area contributed by atoms with Crippen LogP contribution in [0.2, 0.25) is 0 Å². The molecule has 0 fully saturated rings. The Labute approximate surface area is 149 Å². The summed E-state index contributed by atoms with van der Waals surface area (Å²) < 4.78 is 26.7. The third-order valence-corrected chi connectivity index (χ3v) is 3.57. The third kappa shape index (κ3) is 4.18. The monoisotopic (exact) mass is 354 g/mol. The van der Waals surface area contributed by atoms with E-state index in [4.69, 9.17) is 0 Å². The summed E-state index contributed by atoms with van der Waals surface area (Å²) in [6.45, 7) is 3.70. The molecular weight excluding hydrogens is 338 g/mol. The molecule has 5 nitrogen and oxygen atoms in total. The van der Waals surface area contributed by atoms with Crippen LogP contribution in [-0.4, -0.2) is 15.9 Å². The van der Waals surface area contributed by atoms with Crippen molar-refractivity contribution in [1.82, 2.24) is 9.97 Å². The van der Waals surface area contributed by atoms with Crippen molar-refractivity contribution in [2.24, 2.45) is 0 Å². The van der Waals surface area contributed by atoms with Crippen molar-refractivity contribution in [1.29, 1.82) is 0 Å². The second kappa shape index (κ2) is 7.26. The molecule has 2 aromatic carbocycles. The molecular formula is C19H16F2N4O. The lowest BCUT2D eigenvalue weighted by Gasteiger charge is -2.09. The van der Waals surface area contributed by atoms with Crippen molar-refractivity contribution in [3.05, 3.63) is 77.1 Å². The van der Waals surface area contributed by atoms with Crippen molar-refractivity contribution in [3.63, 3.8) is 0 Å². The zero-order chi connectivity index (χ0) is 18.7. The number of nitrogens with one attached hydrogen (secondary N) is 2. The lowest BCUT2D eigenvalue weighted by atomic mass is 10.2. The SMILES string of the molecule is Cc1ccc(Nc2nc(C)cc(C(=O)Nc3ccc(F)cc3F)n2)cc1. The van der Waals surface area contributed by atoms with E-state index in [1.165, 1.54) is 6.07 Å². The molecule has 3 aromatic rings. The van der Waals surface area contributed by atoms with E-state index in [1.54, 1.807) is 6.92 Å². The molecule has 0 aliphatic heterocycles. The molecule has 3 rings (SSSR count). The van der Waals surface area contributed by atoms with Crippen molar-refractivity contribution in [2.45, 2.75) is 13.8 Å². The van der Waals surface area contributed by atoms with Crippen LogP contribution in [0.3, 0.4) is 0 Å². The highest BCUT2D eigenvalue weighted by atomic mass is 19.1. The Morgan fingerprint density at radius 1 is 0.962 bits per heavy atom. The van der Waals surface area contributed by atoms with Crippen LogP contribution in [0, 0.1) is 25.5 Å². The predicted octanol–water partition coefficient (Wildman–Crippen LogP) is 4.37. The number of anilines is 3. The Morgan fingerprint density at radius 3 is 2.38 bits per heavy atom. The van der Waals surface area contributed by atoms with Gasteiger partial charge in [-0.05, 0) is 44.2 Å². The Hall–Kier alpha value is -3.35. The topological polar surface area (TPSA) is 66.9 Å². The summed E-state index contributed by atoms with van der Waals surface area (Å²) in [6.07, 6.45) is 0. The fourth-order valence-electron chi connectivity index (χ4n) is 2.28. The molecule has 0 aliphatic rings. The molecule has 0 spiro atoms. The predicted molar refractivity (Wildman–Crippen MR) is 95.5 cm³/mol. The van der Waals surface area contributed by atoms with Crippen LogP contribution in [0.5, 0.6) is 0 Å². The minimum Gasteiger partial charge on any atom is -0.324 e. The molecule has 1 heterocycles. The van der Waals surface area contributed by atoms with E-state index in [-0.39, 0.29) is 17.3 Å². The molecule has 2 N–H and O–H groups in total. The number of carbonyl (C=O) groups is 1. The van der Waals surface area contributed by atoms with Gasteiger partial charge in [-0.2, -0.15) is 0 Å². The summed E-state index contributed by atoms with van der Waals surface area (Å²) >= 11 is 0. The standard InChI is InChI=1S/C19H16F2N4O/c1-11-3-6-14(7-4-11)23-19-22-12(2)9-17(25-19)18(26)24-16-8-5-13(20)10-15(16)21/h3-10H,1-2H3,(H,24,26)(H,22,23,25). The summed E-state index contributed by atoms with van der Waals surface area (Å²) in [6, 6.07) is 12.0. The normalized spacial score (nSPS) is 10.5. The summed E-state index contributed by atoms with van der Waals surface area (Å²) in [5.41, 5.74) is 2.40.